The number of hydrogen-bond acceptors (Lipinski definition) is 4. The van der Waals surface area contributed by atoms with E-state index >= 15 is 0 Å². The Hall–Kier alpha value is -2.44. The van der Waals surface area contributed by atoms with Crippen molar-refractivity contribution < 1.29 is 9.53 Å². The van der Waals surface area contributed by atoms with Crippen LogP contribution in [0.5, 0.6) is 0 Å². The van der Waals surface area contributed by atoms with E-state index < -0.39 is 6.04 Å². The van der Waals surface area contributed by atoms with Crippen molar-refractivity contribution in [3.63, 3.8) is 0 Å². The summed E-state index contributed by atoms with van der Waals surface area (Å²) in [6, 6.07) is 12.5. The molecule has 1 fully saturated rings. The van der Waals surface area contributed by atoms with Crippen LogP contribution in [0.3, 0.4) is 0 Å². The molecule has 0 bridgehead atoms. The molecule has 0 radical (unpaired) electrons. The number of rotatable bonds is 6. The molecule has 138 valence electrons. The lowest BCUT2D eigenvalue weighted by molar-refractivity contribution is -0.124. The summed E-state index contributed by atoms with van der Waals surface area (Å²) >= 11 is 0. The van der Waals surface area contributed by atoms with E-state index in [-0.39, 0.29) is 17.4 Å². The number of aromatic nitrogens is 1. The number of carbonyl (C=O) groups is 1. The van der Waals surface area contributed by atoms with Crippen LogP contribution in [0.4, 0.5) is 0 Å². The van der Waals surface area contributed by atoms with Crippen molar-refractivity contribution in [3.8, 4) is 0 Å². The van der Waals surface area contributed by atoms with Gasteiger partial charge in [-0.15, -0.1) is 0 Å². The summed E-state index contributed by atoms with van der Waals surface area (Å²) in [6.45, 7) is 2.33. The Morgan fingerprint density at radius 1 is 1.15 bits per heavy atom. The van der Waals surface area contributed by atoms with Gasteiger partial charge in [0.25, 0.3) is 5.56 Å². The molecule has 2 aromatic rings. The lowest BCUT2D eigenvalue weighted by Gasteiger charge is -2.26. The summed E-state index contributed by atoms with van der Waals surface area (Å²) in [5.41, 5.74) is 8.09. The van der Waals surface area contributed by atoms with Crippen LogP contribution in [0.15, 0.2) is 53.5 Å². The van der Waals surface area contributed by atoms with Gasteiger partial charge in [0.05, 0.1) is 12.6 Å². The van der Waals surface area contributed by atoms with Crippen LogP contribution in [0.1, 0.15) is 24.0 Å². The van der Waals surface area contributed by atoms with Gasteiger partial charge in [0, 0.05) is 32.0 Å². The fourth-order valence-corrected chi connectivity index (χ4v) is 3.15. The van der Waals surface area contributed by atoms with Gasteiger partial charge < -0.3 is 20.4 Å². The summed E-state index contributed by atoms with van der Waals surface area (Å²) in [5.74, 6) is 0.0760. The summed E-state index contributed by atoms with van der Waals surface area (Å²) < 4.78 is 6.97. The van der Waals surface area contributed by atoms with Crippen molar-refractivity contribution in [2.45, 2.75) is 32.0 Å². The average molecular weight is 355 g/mol. The van der Waals surface area contributed by atoms with Crippen molar-refractivity contribution in [2.24, 2.45) is 11.7 Å². The highest BCUT2D eigenvalue weighted by Crippen LogP contribution is 2.17. The second kappa shape index (κ2) is 8.78. The third-order valence-electron chi connectivity index (χ3n) is 4.82. The van der Waals surface area contributed by atoms with E-state index in [0.29, 0.717) is 26.3 Å². The van der Waals surface area contributed by atoms with Crippen LogP contribution >= 0.6 is 0 Å². The molecule has 2 heterocycles. The van der Waals surface area contributed by atoms with Gasteiger partial charge in [-0.05, 0) is 36.0 Å². The van der Waals surface area contributed by atoms with Crippen LogP contribution in [-0.2, 0) is 22.6 Å². The molecule has 1 unspecified atom stereocenters. The van der Waals surface area contributed by atoms with Crippen LogP contribution in [0.2, 0.25) is 0 Å². The first-order chi connectivity index (χ1) is 12.6. The number of pyridine rings is 1. The third-order valence-corrected chi connectivity index (χ3v) is 4.82. The standard InChI is InChI=1S/C20H25N3O3/c21-19(17-8-11-26-12-9-17)20(25)22-13-15-4-6-16(7-5-15)14-23-10-2-1-3-18(23)24/h1-7,10,17,19H,8-9,11-14,21H2,(H,22,25). The van der Waals surface area contributed by atoms with E-state index in [1.54, 1.807) is 22.9 Å². The first-order valence-electron chi connectivity index (χ1n) is 8.98. The molecule has 1 aliphatic rings. The molecule has 6 heteroatoms. The van der Waals surface area contributed by atoms with Crippen molar-refractivity contribution in [3.05, 3.63) is 70.1 Å². The average Bonchev–Trinajstić information content (AvgIpc) is 2.69. The van der Waals surface area contributed by atoms with E-state index in [2.05, 4.69) is 5.32 Å². The SMILES string of the molecule is NC(C(=O)NCc1ccc(Cn2ccccc2=O)cc1)C1CCOCC1. The van der Waals surface area contributed by atoms with E-state index in [4.69, 9.17) is 10.5 Å². The monoisotopic (exact) mass is 355 g/mol. The molecule has 0 spiro atoms. The minimum Gasteiger partial charge on any atom is -0.381 e. The highest BCUT2D eigenvalue weighted by Gasteiger charge is 2.26. The predicted octanol–water partition coefficient (Wildman–Crippen LogP) is 1.27. The molecule has 1 amide bonds. The number of ether oxygens (including phenoxy) is 1. The molecule has 26 heavy (non-hydrogen) atoms. The Balaban J connectivity index is 1.52. The van der Waals surface area contributed by atoms with Crippen molar-refractivity contribution in [1.82, 2.24) is 9.88 Å². The number of nitrogens with zero attached hydrogens (tertiary/aromatic N) is 1. The first kappa shape index (κ1) is 18.4. The predicted molar refractivity (Wildman–Crippen MR) is 99.6 cm³/mol. The van der Waals surface area contributed by atoms with Gasteiger partial charge in [-0.3, -0.25) is 9.59 Å². The molecule has 1 aromatic carbocycles. The second-order valence-electron chi connectivity index (χ2n) is 6.68. The zero-order valence-electron chi connectivity index (χ0n) is 14.8. The summed E-state index contributed by atoms with van der Waals surface area (Å²) in [6.07, 6.45) is 3.44. The van der Waals surface area contributed by atoms with Gasteiger partial charge >= 0.3 is 0 Å². The Bertz CT molecular complexity index is 779. The number of nitrogens with one attached hydrogen (secondary N) is 1. The van der Waals surface area contributed by atoms with E-state index in [1.165, 1.54) is 0 Å². The lowest BCUT2D eigenvalue weighted by atomic mass is 9.92. The van der Waals surface area contributed by atoms with Gasteiger partial charge in [-0.1, -0.05) is 30.3 Å². The lowest BCUT2D eigenvalue weighted by Crippen LogP contribution is -2.46. The van der Waals surface area contributed by atoms with Crippen LogP contribution < -0.4 is 16.6 Å². The van der Waals surface area contributed by atoms with Gasteiger partial charge in [0.1, 0.15) is 0 Å². The fraction of sp³-hybridized carbons (Fsp3) is 0.400. The number of amides is 1. The van der Waals surface area contributed by atoms with Crippen LogP contribution in [-0.4, -0.2) is 29.7 Å². The topological polar surface area (TPSA) is 86.4 Å². The van der Waals surface area contributed by atoms with E-state index in [1.807, 2.05) is 30.3 Å². The largest absolute Gasteiger partial charge is 0.381 e. The highest BCUT2D eigenvalue weighted by molar-refractivity contribution is 5.81. The normalized spacial score (nSPS) is 16.2. The maximum absolute atomic E-state index is 12.2. The molecule has 1 aromatic heterocycles. The van der Waals surface area contributed by atoms with Gasteiger partial charge in [0.2, 0.25) is 5.91 Å². The van der Waals surface area contributed by atoms with Crippen molar-refractivity contribution in [2.75, 3.05) is 13.2 Å². The fourth-order valence-electron chi connectivity index (χ4n) is 3.15. The first-order valence-corrected chi connectivity index (χ1v) is 8.98. The Morgan fingerprint density at radius 2 is 1.85 bits per heavy atom. The molecule has 3 rings (SSSR count). The molecule has 3 N–H and O–H groups in total. The van der Waals surface area contributed by atoms with Crippen LogP contribution in [0, 0.1) is 5.92 Å². The van der Waals surface area contributed by atoms with Crippen molar-refractivity contribution in [1.29, 1.82) is 0 Å². The molecule has 6 nitrogen and oxygen atoms in total. The molecular formula is C20H25N3O3. The molecular weight excluding hydrogens is 330 g/mol. The smallest absolute Gasteiger partial charge is 0.250 e. The maximum atomic E-state index is 12.2. The number of hydrogen-bond donors (Lipinski definition) is 2. The van der Waals surface area contributed by atoms with Crippen molar-refractivity contribution >= 4 is 5.91 Å². The maximum Gasteiger partial charge on any atom is 0.250 e. The third kappa shape index (κ3) is 4.80. The number of carbonyl (C=O) groups excluding carboxylic acids is 1. The molecule has 0 aliphatic carbocycles. The number of nitrogens with two attached hydrogens (primary N) is 1. The Morgan fingerprint density at radius 3 is 2.54 bits per heavy atom. The zero-order valence-corrected chi connectivity index (χ0v) is 14.8. The summed E-state index contributed by atoms with van der Waals surface area (Å²) in [7, 11) is 0. The minimum atomic E-state index is -0.483. The Labute approximate surface area is 153 Å². The van der Waals surface area contributed by atoms with Gasteiger partial charge in [-0.2, -0.15) is 0 Å². The molecule has 1 saturated heterocycles. The molecule has 1 atom stereocenters. The Kier molecular flexibility index (Phi) is 6.20. The van der Waals surface area contributed by atoms with Gasteiger partial charge in [0.15, 0.2) is 0 Å². The van der Waals surface area contributed by atoms with E-state index in [9.17, 15) is 9.59 Å². The second-order valence-corrected chi connectivity index (χ2v) is 6.68. The highest BCUT2D eigenvalue weighted by atomic mass is 16.5. The zero-order chi connectivity index (χ0) is 18.4. The quantitative estimate of drug-likeness (QED) is 0.817. The van der Waals surface area contributed by atoms with Gasteiger partial charge in [-0.25, -0.2) is 0 Å². The van der Waals surface area contributed by atoms with Crippen LogP contribution in [0.25, 0.3) is 0 Å². The van der Waals surface area contributed by atoms with E-state index in [0.717, 1.165) is 24.0 Å². The summed E-state index contributed by atoms with van der Waals surface area (Å²) in [5, 5.41) is 2.91. The summed E-state index contributed by atoms with van der Waals surface area (Å²) in [4.78, 5) is 24.0. The molecule has 1 aliphatic heterocycles. The minimum absolute atomic E-state index is 0.0223. The number of benzene rings is 1. The molecule has 0 saturated carbocycles.